The van der Waals surface area contributed by atoms with Crippen LogP contribution in [0.25, 0.3) is 11.3 Å². The maximum Gasteiger partial charge on any atom is 0.149 e. The number of hydrogen-bond donors (Lipinski definition) is 1. The molecule has 2 N–H and O–H groups in total. The van der Waals surface area contributed by atoms with Crippen molar-refractivity contribution in [1.82, 2.24) is 4.98 Å². The van der Waals surface area contributed by atoms with Gasteiger partial charge in [0.15, 0.2) is 0 Å². The topological polar surface area (TPSA) is 48.1 Å². The highest BCUT2D eigenvalue weighted by molar-refractivity contribution is 5.70. The number of nitrogens with two attached hydrogens (primary N) is 1. The molecule has 2 aromatic rings. The van der Waals surface area contributed by atoms with Crippen molar-refractivity contribution in [3.8, 4) is 17.0 Å². The van der Waals surface area contributed by atoms with Gasteiger partial charge in [0.25, 0.3) is 0 Å². The summed E-state index contributed by atoms with van der Waals surface area (Å²) >= 11 is 0. The van der Waals surface area contributed by atoms with Crippen molar-refractivity contribution in [3.63, 3.8) is 0 Å². The van der Waals surface area contributed by atoms with Gasteiger partial charge in [0, 0.05) is 35.2 Å². The van der Waals surface area contributed by atoms with Crippen LogP contribution in [0.15, 0.2) is 30.3 Å². The first-order valence-corrected chi connectivity index (χ1v) is 8.31. The van der Waals surface area contributed by atoms with Crippen molar-refractivity contribution in [2.24, 2.45) is 11.7 Å². The quantitative estimate of drug-likeness (QED) is 0.933. The summed E-state index contributed by atoms with van der Waals surface area (Å²) in [6.45, 7) is 3.46. The highest BCUT2D eigenvalue weighted by Crippen LogP contribution is 2.46. The molecule has 4 heteroatoms. The maximum absolute atomic E-state index is 13.2. The molecule has 2 unspecified atom stereocenters. The number of hydrogen-bond acceptors (Lipinski definition) is 3. The number of aromatic nitrogens is 1. The molecule has 2 aliphatic rings. The van der Waals surface area contributed by atoms with Crippen molar-refractivity contribution in [3.05, 3.63) is 47.4 Å². The Morgan fingerprint density at radius 3 is 2.70 bits per heavy atom. The smallest absolute Gasteiger partial charge is 0.149 e. The summed E-state index contributed by atoms with van der Waals surface area (Å²) in [5.41, 5.74) is 9.99. The summed E-state index contributed by atoms with van der Waals surface area (Å²) in [7, 11) is 0. The van der Waals surface area contributed by atoms with Crippen LogP contribution in [0.3, 0.4) is 0 Å². The summed E-state index contributed by atoms with van der Waals surface area (Å²) in [4.78, 5) is 4.88. The molecule has 3 nitrogen and oxygen atoms in total. The zero-order valence-corrected chi connectivity index (χ0v) is 13.3. The number of ether oxygens (including phenoxy) is 1. The van der Waals surface area contributed by atoms with E-state index < -0.39 is 0 Å². The van der Waals surface area contributed by atoms with E-state index in [-0.39, 0.29) is 5.82 Å². The first-order valence-electron chi connectivity index (χ1n) is 8.31. The fourth-order valence-electron chi connectivity index (χ4n) is 3.44. The molecule has 1 saturated carbocycles. The lowest BCUT2D eigenvalue weighted by molar-refractivity contribution is 0.337. The Morgan fingerprint density at radius 1 is 1.30 bits per heavy atom. The third-order valence-corrected chi connectivity index (χ3v) is 4.97. The van der Waals surface area contributed by atoms with E-state index in [4.69, 9.17) is 15.5 Å². The molecule has 1 aromatic carbocycles. The Kier molecular flexibility index (Phi) is 3.57. The lowest BCUT2D eigenvalue weighted by atomic mass is 9.93. The second-order valence-corrected chi connectivity index (χ2v) is 6.71. The monoisotopic (exact) mass is 312 g/mol. The van der Waals surface area contributed by atoms with E-state index >= 15 is 0 Å². The van der Waals surface area contributed by atoms with Crippen molar-refractivity contribution < 1.29 is 9.13 Å². The van der Waals surface area contributed by atoms with Crippen LogP contribution in [0.1, 0.15) is 42.9 Å². The minimum absolute atomic E-state index is 0.242. The van der Waals surface area contributed by atoms with Crippen LogP contribution in [-0.4, -0.2) is 18.1 Å². The normalized spacial score (nSPS) is 20.9. The first-order chi connectivity index (χ1) is 11.2. The Balaban J connectivity index is 1.85. The van der Waals surface area contributed by atoms with Crippen molar-refractivity contribution in [2.75, 3.05) is 13.2 Å². The summed E-state index contributed by atoms with van der Waals surface area (Å²) in [6, 6.07) is 8.65. The Bertz CT molecular complexity index is 725. The van der Waals surface area contributed by atoms with Gasteiger partial charge in [-0.3, -0.25) is 0 Å². The van der Waals surface area contributed by atoms with E-state index in [0.717, 1.165) is 22.7 Å². The average Bonchev–Trinajstić information content (AvgIpc) is 3.32. The molecule has 0 bridgehead atoms. The third-order valence-electron chi connectivity index (χ3n) is 4.97. The molecular formula is C19H21FN2O. The number of rotatable bonds is 4. The molecule has 1 aliphatic heterocycles. The van der Waals surface area contributed by atoms with Crippen LogP contribution in [0, 0.1) is 11.7 Å². The van der Waals surface area contributed by atoms with Gasteiger partial charge >= 0.3 is 0 Å². The molecule has 1 aliphatic carbocycles. The SMILES string of the molecule is CC1COc2c1cc(C(CN)C1CC1)nc2-c1ccc(F)cc1. The minimum Gasteiger partial charge on any atom is -0.490 e. The predicted octanol–water partition coefficient (Wildman–Crippen LogP) is 3.84. The van der Waals surface area contributed by atoms with Crippen molar-refractivity contribution in [2.45, 2.75) is 31.6 Å². The zero-order chi connectivity index (χ0) is 16.0. The van der Waals surface area contributed by atoms with Gasteiger partial charge in [-0.15, -0.1) is 0 Å². The van der Waals surface area contributed by atoms with Gasteiger partial charge in [0.2, 0.25) is 0 Å². The first kappa shape index (κ1) is 14.6. The van der Waals surface area contributed by atoms with E-state index in [0.29, 0.717) is 30.9 Å². The molecular weight excluding hydrogens is 291 g/mol. The Labute approximate surface area is 135 Å². The average molecular weight is 312 g/mol. The molecule has 1 fully saturated rings. The summed E-state index contributed by atoms with van der Waals surface area (Å²) < 4.78 is 19.1. The summed E-state index contributed by atoms with van der Waals surface area (Å²) in [5.74, 6) is 1.92. The van der Waals surface area contributed by atoms with Crippen LogP contribution in [0.4, 0.5) is 4.39 Å². The molecule has 2 heterocycles. The van der Waals surface area contributed by atoms with E-state index in [1.165, 1.54) is 30.5 Å². The molecule has 0 spiro atoms. The van der Waals surface area contributed by atoms with Crippen LogP contribution in [0.2, 0.25) is 0 Å². The van der Waals surface area contributed by atoms with Gasteiger partial charge in [0.1, 0.15) is 17.3 Å². The summed E-state index contributed by atoms with van der Waals surface area (Å²) in [5, 5.41) is 0. The predicted molar refractivity (Wildman–Crippen MR) is 88.1 cm³/mol. The molecule has 1 aromatic heterocycles. The number of pyridine rings is 1. The van der Waals surface area contributed by atoms with Gasteiger partial charge in [0.05, 0.1) is 6.61 Å². The molecule has 0 radical (unpaired) electrons. The van der Waals surface area contributed by atoms with Crippen LogP contribution < -0.4 is 10.5 Å². The van der Waals surface area contributed by atoms with Crippen LogP contribution in [0.5, 0.6) is 5.75 Å². The molecule has 0 amide bonds. The maximum atomic E-state index is 13.2. The molecule has 120 valence electrons. The second-order valence-electron chi connectivity index (χ2n) is 6.71. The highest BCUT2D eigenvalue weighted by atomic mass is 19.1. The van der Waals surface area contributed by atoms with Crippen LogP contribution >= 0.6 is 0 Å². The van der Waals surface area contributed by atoms with Gasteiger partial charge in [-0.25, -0.2) is 9.37 Å². The Morgan fingerprint density at radius 2 is 2.04 bits per heavy atom. The van der Waals surface area contributed by atoms with E-state index in [2.05, 4.69) is 13.0 Å². The zero-order valence-electron chi connectivity index (χ0n) is 13.3. The van der Waals surface area contributed by atoms with E-state index in [1.54, 1.807) is 12.1 Å². The third kappa shape index (κ3) is 2.61. The minimum atomic E-state index is -0.242. The fourth-order valence-corrected chi connectivity index (χ4v) is 3.44. The second kappa shape index (κ2) is 5.60. The van der Waals surface area contributed by atoms with Crippen molar-refractivity contribution in [1.29, 1.82) is 0 Å². The van der Waals surface area contributed by atoms with Gasteiger partial charge < -0.3 is 10.5 Å². The van der Waals surface area contributed by atoms with Gasteiger partial charge in [-0.2, -0.15) is 0 Å². The lowest BCUT2D eigenvalue weighted by Gasteiger charge is -2.17. The van der Waals surface area contributed by atoms with Gasteiger partial charge in [-0.05, 0) is 49.1 Å². The summed E-state index contributed by atoms with van der Waals surface area (Å²) in [6.07, 6.45) is 2.47. The number of nitrogens with zero attached hydrogens (tertiary/aromatic N) is 1. The highest BCUT2D eigenvalue weighted by Gasteiger charge is 2.34. The van der Waals surface area contributed by atoms with Gasteiger partial charge in [-0.1, -0.05) is 6.92 Å². The number of halogens is 1. The Hall–Kier alpha value is -1.94. The molecule has 2 atom stereocenters. The fraction of sp³-hybridized carbons (Fsp3) is 0.421. The largest absolute Gasteiger partial charge is 0.490 e. The number of fused-ring (bicyclic) bond motifs is 1. The molecule has 0 saturated heterocycles. The lowest BCUT2D eigenvalue weighted by Crippen LogP contribution is -2.16. The standard InChI is InChI=1S/C19H21FN2O/c1-11-10-23-19-15(11)8-17(16(9-21)12-2-3-12)22-18(19)13-4-6-14(20)7-5-13/h4-8,11-12,16H,2-3,9-10,21H2,1H3. The molecule has 4 rings (SSSR count). The van der Waals surface area contributed by atoms with Crippen molar-refractivity contribution >= 4 is 0 Å². The molecule has 23 heavy (non-hydrogen) atoms. The van der Waals surface area contributed by atoms with E-state index in [9.17, 15) is 4.39 Å². The van der Waals surface area contributed by atoms with Crippen LogP contribution in [-0.2, 0) is 0 Å². The van der Waals surface area contributed by atoms with E-state index in [1.807, 2.05) is 0 Å². The number of benzene rings is 1.